The molecule has 0 aromatic rings. The Balaban J connectivity index is 3.53. The summed E-state index contributed by atoms with van der Waals surface area (Å²) in [5.74, 6) is -0.0771. The smallest absolute Gasteiger partial charge is 0.220 e. The summed E-state index contributed by atoms with van der Waals surface area (Å²) in [4.78, 5) is 12.5. The number of amides is 1. The van der Waals surface area contributed by atoms with E-state index in [9.17, 15) is 15.0 Å². The summed E-state index contributed by atoms with van der Waals surface area (Å²) in [5.41, 5.74) is 0. The molecule has 0 aliphatic heterocycles. The summed E-state index contributed by atoms with van der Waals surface area (Å²) in [5, 5.41) is 23.2. The van der Waals surface area contributed by atoms with Crippen LogP contribution < -0.4 is 5.32 Å². The van der Waals surface area contributed by atoms with E-state index in [1.54, 1.807) is 6.08 Å². The van der Waals surface area contributed by atoms with E-state index in [-0.39, 0.29) is 12.5 Å². The number of carbonyl (C=O) groups excluding carboxylic acids is 1. The Morgan fingerprint density at radius 1 is 0.338 bits per heavy atom. The van der Waals surface area contributed by atoms with E-state index in [2.05, 4.69) is 116 Å². The third kappa shape index (κ3) is 59.9. The lowest BCUT2D eigenvalue weighted by molar-refractivity contribution is -0.123. The fourth-order valence-corrected chi connectivity index (χ4v) is 9.39. The van der Waals surface area contributed by atoms with Crippen LogP contribution in [0.4, 0.5) is 0 Å². The third-order valence-corrected chi connectivity index (χ3v) is 14.2. The Hall–Kier alpha value is -2.95. The standard InChI is InChI=1S/C70H123NO3/c1-3-5-7-9-11-13-15-17-19-21-23-25-27-29-30-31-32-33-34-35-36-37-38-39-40-42-44-46-48-50-52-54-56-58-60-62-64-66-70(74)71-68(67-72)69(73)65-63-61-59-57-55-53-51-49-47-45-43-41-28-26-24-22-20-18-16-14-12-10-8-6-4-2/h5,7,11,13,17,19,23,25,29-30,32-33,47,49,55,57,63,65,68-69,72-73H,3-4,6,8-10,12,14-16,18,20-22,24,26-28,31,34-46,48,50-54,56,58-62,64,66-67H2,1-2H3,(H,71,74)/b7-5-,13-11-,19-17-,25-23-,30-29-,33-32-,49-47+,57-55+,65-63+. The van der Waals surface area contributed by atoms with Gasteiger partial charge in [-0.3, -0.25) is 4.79 Å². The molecule has 4 nitrogen and oxygen atoms in total. The highest BCUT2D eigenvalue weighted by Crippen LogP contribution is 2.17. The van der Waals surface area contributed by atoms with Crippen LogP contribution in [0.1, 0.15) is 309 Å². The number of aliphatic hydroxyl groups excluding tert-OH is 2. The lowest BCUT2D eigenvalue weighted by Gasteiger charge is -2.19. The number of aliphatic hydroxyl groups is 2. The van der Waals surface area contributed by atoms with Gasteiger partial charge in [-0.25, -0.2) is 0 Å². The fourth-order valence-electron chi connectivity index (χ4n) is 9.39. The molecule has 2 atom stereocenters. The summed E-state index contributed by atoms with van der Waals surface area (Å²) in [6.45, 7) is 4.20. The number of hydrogen-bond acceptors (Lipinski definition) is 3. The quantitative estimate of drug-likeness (QED) is 0.0420. The molecule has 74 heavy (non-hydrogen) atoms. The van der Waals surface area contributed by atoms with Gasteiger partial charge >= 0.3 is 0 Å². The van der Waals surface area contributed by atoms with Crippen molar-refractivity contribution in [1.29, 1.82) is 0 Å². The van der Waals surface area contributed by atoms with E-state index in [0.717, 1.165) is 77.0 Å². The van der Waals surface area contributed by atoms with Crippen LogP contribution in [0.25, 0.3) is 0 Å². The van der Waals surface area contributed by atoms with Gasteiger partial charge in [-0.2, -0.15) is 0 Å². The lowest BCUT2D eigenvalue weighted by Crippen LogP contribution is -2.45. The van der Waals surface area contributed by atoms with Crippen molar-refractivity contribution in [3.8, 4) is 0 Å². The maximum Gasteiger partial charge on any atom is 0.220 e. The number of hydrogen-bond donors (Lipinski definition) is 3. The summed E-state index contributed by atoms with van der Waals surface area (Å²) in [7, 11) is 0. The van der Waals surface area contributed by atoms with E-state index in [4.69, 9.17) is 0 Å². The van der Waals surface area contributed by atoms with Crippen molar-refractivity contribution >= 4 is 5.91 Å². The molecular formula is C70H123NO3. The van der Waals surface area contributed by atoms with Crippen LogP contribution in [-0.4, -0.2) is 34.9 Å². The van der Waals surface area contributed by atoms with Crippen molar-refractivity contribution in [3.05, 3.63) is 109 Å². The zero-order valence-corrected chi connectivity index (χ0v) is 49.1. The molecule has 2 unspecified atom stereocenters. The number of carbonyl (C=O) groups is 1. The minimum atomic E-state index is -0.876. The van der Waals surface area contributed by atoms with Gasteiger partial charge in [-0.15, -0.1) is 0 Å². The molecule has 0 spiro atoms. The Kier molecular flexibility index (Phi) is 61.8. The molecule has 0 heterocycles. The van der Waals surface area contributed by atoms with Gasteiger partial charge in [0, 0.05) is 6.42 Å². The van der Waals surface area contributed by atoms with E-state index in [1.165, 1.54) is 212 Å². The molecule has 0 fully saturated rings. The molecule has 0 bridgehead atoms. The highest BCUT2D eigenvalue weighted by molar-refractivity contribution is 5.76. The molecule has 3 N–H and O–H groups in total. The molecule has 4 heteroatoms. The zero-order valence-electron chi connectivity index (χ0n) is 49.1. The minimum absolute atomic E-state index is 0.0771. The van der Waals surface area contributed by atoms with Crippen LogP contribution in [-0.2, 0) is 4.79 Å². The monoisotopic (exact) mass is 1030 g/mol. The molecule has 0 aliphatic carbocycles. The van der Waals surface area contributed by atoms with Gasteiger partial charge in [0.2, 0.25) is 5.91 Å². The molecule has 0 saturated heterocycles. The summed E-state index contributed by atoms with van der Waals surface area (Å²) >= 11 is 0. The summed E-state index contributed by atoms with van der Waals surface area (Å²) in [6.07, 6.45) is 97.1. The van der Waals surface area contributed by atoms with Crippen molar-refractivity contribution in [1.82, 2.24) is 5.32 Å². The van der Waals surface area contributed by atoms with Crippen LogP contribution in [0, 0.1) is 0 Å². The first-order valence-electron chi connectivity index (χ1n) is 32.1. The zero-order chi connectivity index (χ0) is 53.4. The second kappa shape index (κ2) is 64.3. The van der Waals surface area contributed by atoms with Crippen molar-refractivity contribution in [2.45, 2.75) is 321 Å². The topological polar surface area (TPSA) is 69.6 Å². The largest absolute Gasteiger partial charge is 0.394 e. The van der Waals surface area contributed by atoms with Gasteiger partial charge in [-0.1, -0.05) is 316 Å². The lowest BCUT2D eigenvalue weighted by atomic mass is 10.0. The molecule has 0 rings (SSSR count). The molecule has 0 aliphatic rings. The SMILES string of the molecule is CC/C=C\C/C=C\C/C=C\C/C=C\C/C=C\C/C=C\CCCCCCCCCCCCCCCCCCCCC(=O)NC(CO)C(O)/C=C/CC/C=C/CC/C=C/CCCCCCCCCCCCCCCCC. The van der Waals surface area contributed by atoms with Crippen LogP contribution in [0.15, 0.2) is 109 Å². The number of rotatable bonds is 58. The first kappa shape index (κ1) is 71.0. The van der Waals surface area contributed by atoms with E-state index < -0.39 is 12.1 Å². The van der Waals surface area contributed by atoms with Crippen molar-refractivity contribution < 1.29 is 15.0 Å². The Morgan fingerprint density at radius 3 is 0.946 bits per heavy atom. The molecule has 426 valence electrons. The maximum atomic E-state index is 12.5. The molecule has 0 aromatic carbocycles. The fraction of sp³-hybridized carbons (Fsp3) is 0.729. The first-order valence-corrected chi connectivity index (χ1v) is 32.1. The Morgan fingerprint density at radius 2 is 0.608 bits per heavy atom. The highest BCUT2D eigenvalue weighted by atomic mass is 16.3. The van der Waals surface area contributed by atoms with Crippen LogP contribution in [0.3, 0.4) is 0 Å². The van der Waals surface area contributed by atoms with E-state index in [0.29, 0.717) is 6.42 Å². The number of unbranched alkanes of at least 4 members (excludes halogenated alkanes) is 35. The summed E-state index contributed by atoms with van der Waals surface area (Å²) in [6, 6.07) is -0.651. The molecular weight excluding hydrogens is 903 g/mol. The normalized spacial score (nSPS) is 13.5. The second-order valence-corrected chi connectivity index (χ2v) is 21.4. The van der Waals surface area contributed by atoms with Crippen LogP contribution >= 0.6 is 0 Å². The second-order valence-electron chi connectivity index (χ2n) is 21.4. The molecule has 0 radical (unpaired) electrons. The van der Waals surface area contributed by atoms with Crippen LogP contribution in [0.2, 0.25) is 0 Å². The van der Waals surface area contributed by atoms with Crippen molar-refractivity contribution in [2.75, 3.05) is 6.61 Å². The van der Waals surface area contributed by atoms with Crippen molar-refractivity contribution in [2.24, 2.45) is 0 Å². The van der Waals surface area contributed by atoms with Gasteiger partial charge < -0.3 is 15.5 Å². The Labute approximate surface area is 461 Å². The van der Waals surface area contributed by atoms with E-state index >= 15 is 0 Å². The summed E-state index contributed by atoms with van der Waals surface area (Å²) < 4.78 is 0. The predicted molar refractivity (Wildman–Crippen MR) is 331 cm³/mol. The number of allylic oxidation sites excluding steroid dienone is 17. The average Bonchev–Trinajstić information content (AvgIpc) is 3.40. The third-order valence-electron chi connectivity index (χ3n) is 14.2. The van der Waals surface area contributed by atoms with Gasteiger partial charge in [0.1, 0.15) is 0 Å². The van der Waals surface area contributed by atoms with E-state index in [1.807, 2.05) is 6.08 Å². The van der Waals surface area contributed by atoms with Gasteiger partial charge in [0.25, 0.3) is 0 Å². The van der Waals surface area contributed by atoms with Gasteiger partial charge in [0.15, 0.2) is 0 Å². The van der Waals surface area contributed by atoms with Gasteiger partial charge in [-0.05, 0) is 96.3 Å². The average molecular weight is 1030 g/mol. The maximum absolute atomic E-state index is 12.5. The molecule has 0 saturated carbocycles. The minimum Gasteiger partial charge on any atom is -0.394 e. The predicted octanol–water partition coefficient (Wildman–Crippen LogP) is 21.8. The Bertz CT molecular complexity index is 1400. The number of nitrogens with one attached hydrogen (secondary N) is 1. The highest BCUT2D eigenvalue weighted by Gasteiger charge is 2.18. The van der Waals surface area contributed by atoms with Crippen LogP contribution in [0.5, 0.6) is 0 Å². The molecule has 1 amide bonds. The van der Waals surface area contributed by atoms with Crippen molar-refractivity contribution in [3.63, 3.8) is 0 Å². The first-order chi connectivity index (χ1) is 36.7. The van der Waals surface area contributed by atoms with Gasteiger partial charge in [0.05, 0.1) is 18.8 Å². The molecule has 0 aromatic heterocycles.